The molecule has 0 unspecified atom stereocenters. The van der Waals surface area contributed by atoms with E-state index in [4.69, 9.17) is 12.2 Å². The summed E-state index contributed by atoms with van der Waals surface area (Å²) in [5.41, 5.74) is 1.92. The summed E-state index contributed by atoms with van der Waals surface area (Å²) in [6.45, 7) is 1.98. The summed E-state index contributed by atoms with van der Waals surface area (Å²) in [4.78, 5) is 0. The number of hydrogen-bond donors (Lipinski definition) is 2. The minimum Gasteiger partial charge on any atom is -0.356 e. The van der Waals surface area contributed by atoms with Crippen LogP contribution >= 0.6 is 12.2 Å². The fourth-order valence-corrected chi connectivity index (χ4v) is 2.01. The summed E-state index contributed by atoms with van der Waals surface area (Å²) in [5.74, 6) is -0.235. The Kier molecular flexibility index (Phi) is 4.47. The zero-order valence-corrected chi connectivity index (χ0v) is 11.4. The van der Waals surface area contributed by atoms with Gasteiger partial charge in [-0.2, -0.15) is 0 Å². The number of thiocarbonyl (C=S) groups is 1. The fraction of sp³-hybridized carbons (Fsp3) is 0.133. The molecule has 0 spiro atoms. The number of rotatable bonds is 3. The van der Waals surface area contributed by atoms with Crippen molar-refractivity contribution in [3.63, 3.8) is 0 Å². The van der Waals surface area contributed by atoms with Crippen LogP contribution in [0.4, 0.5) is 10.1 Å². The number of halogens is 1. The van der Waals surface area contributed by atoms with Crippen molar-refractivity contribution in [3.8, 4) is 0 Å². The van der Waals surface area contributed by atoms with Gasteiger partial charge in [-0.05, 0) is 49.0 Å². The molecule has 2 N–H and O–H groups in total. The highest BCUT2D eigenvalue weighted by Gasteiger charge is 2.07. The summed E-state index contributed by atoms with van der Waals surface area (Å²) >= 11 is 5.24. The third-order valence-electron chi connectivity index (χ3n) is 2.75. The molecule has 0 aliphatic rings. The minimum atomic E-state index is -0.235. The van der Waals surface area contributed by atoms with Crippen molar-refractivity contribution < 1.29 is 4.39 Å². The molecule has 2 rings (SSSR count). The quantitative estimate of drug-likeness (QED) is 0.831. The summed E-state index contributed by atoms with van der Waals surface area (Å²) in [6.07, 6.45) is 0. The van der Waals surface area contributed by atoms with Crippen molar-refractivity contribution in [1.82, 2.24) is 5.32 Å². The van der Waals surface area contributed by atoms with Gasteiger partial charge in [0.1, 0.15) is 5.82 Å². The molecule has 0 amide bonds. The minimum absolute atomic E-state index is 0.0179. The van der Waals surface area contributed by atoms with Gasteiger partial charge in [0, 0.05) is 5.69 Å². The monoisotopic (exact) mass is 274 g/mol. The molecule has 2 aromatic carbocycles. The number of nitrogens with one attached hydrogen (secondary N) is 2. The van der Waals surface area contributed by atoms with Crippen LogP contribution in [0.1, 0.15) is 18.5 Å². The average Bonchev–Trinajstić information content (AvgIpc) is 2.40. The van der Waals surface area contributed by atoms with Crippen LogP contribution in [-0.2, 0) is 0 Å². The van der Waals surface area contributed by atoms with Crippen molar-refractivity contribution >= 4 is 23.0 Å². The van der Waals surface area contributed by atoms with Crippen molar-refractivity contribution in [2.45, 2.75) is 13.0 Å². The van der Waals surface area contributed by atoms with Crippen LogP contribution in [0.2, 0.25) is 0 Å². The molecule has 0 aliphatic carbocycles. The van der Waals surface area contributed by atoms with Crippen molar-refractivity contribution in [2.24, 2.45) is 0 Å². The van der Waals surface area contributed by atoms with E-state index in [2.05, 4.69) is 10.6 Å². The maximum absolute atomic E-state index is 12.8. The topological polar surface area (TPSA) is 24.1 Å². The Bertz CT molecular complexity index is 540. The first kappa shape index (κ1) is 13.5. The standard InChI is InChI=1S/C15H15FN2S/c1-11(12-7-9-13(16)10-8-12)17-15(19)18-14-5-3-2-4-6-14/h2-11H,1H3,(H2,17,18,19)/t11-/m1/s1. The van der Waals surface area contributed by atoms with E-state index in [9.17, 15) is 4.39 Å². The van der Waals surface area contributed by atoms with Crippen LogP contribution in [0, 0.1) is 5.82 Å². The highest BCUT2D eigenvalue weighted by atomic mass is 32.1. The van der Waals surface area contributed by atoms with E-state index in [-0.39, 0.29) is 11.9 Å². The van der Waals surface area contributed by atoms with Gasteiger partial charge in [-0.25, -0.2) is 4.39 Å². The molecule has 0 bridgehead atoms. The largest absolute Gasteiger partial charge is 0.356 e. The fourth-order valence-electron chi connectivity index (χ4n) is 1.72. The highest BCUT2D eigenvalue weighted by Crippen LogP contribution is 2.13. The smallest absolute Gasteiger partial charge is 0.171 e. The van der Waals surface area contributed by atoms with Gasteiger partial charge in [0.25, 0.3) is 0 Å². The second-order valence-electron chi connectivity index (χ2n) is 4.24. The normalized spacial score (nSPS) is 11.7. The van der Waals surface area contributed by atoms with E-state index in [0.717, 1.165) is 11.3 Å². The van der Waals surface area contributed by atoms with Crippen LogP contribution in [0.3, 0.4) is 0 Å². The highest BCUT2D eigenvalue weighted by molar-refractivity contribution is 7.80. The van der Waals surface area contributed by atoms with Gasteiger partial charge in [-0.3, -0.25) is 0 Å². The van der Waals surface area contributed by atoms with Gasteiger partial charge in [0.2, 0.25) is 0 Å². The number of hydrogen-bond acceptors (Lipinski definition) is 1. The van der Waals surface area contributed by atoms with Crippen LogP contribution in [0.5, 0.6) is 0 Å². The second kappa shape index (κ2) is 6.29. The molecule has 2 nitrogen and oxygen atoms in total. The molecule has 0 aromatic heterocycles. The van der Waals surface area contributed by atoms with E-state index in [1.807, 2.05) is 37.3 Å². The van der Waals surface area contributed by atoms with Crippen LogP contribution in [0.25, 0.3) is 0 Å². The van der Waals surface area contributed by atoms with E-state index >= 15 is 0 Å². The Balaban J connectivity index is 1.93. The second-order valence-corrected chi connectivity index (χ2v) is 4.65. The summed E-state index contributed by atoms with van der Waals surface area (Å²) in [5, 5.41) is 6.81. The Morgan fingerprint density at radius 1 is 1.05 bits per heavy atom. The maximum atomic E-state index is 12.8. The summed E-state index contributed by atoms with van der Waals surface area (Å²) in [7, 11) is 0. The molecule has 0 saturated heterocycles. The molecule has 19 heavy (non-hydrogen) atoms. The van der Waals surface area contributed by atoms with Crippen molar-refractivity contribution in [1.29, 1.82) is 0 Å². The molecule has 0 aliphatic heterocycles. The van der Waals surface area contributed by atoms with Crippen LogP contribution in [0.15, 0.2) is 54.6 Å². The zero-order valence-electron chi connectivity index (χ0n) is 10.6. The predicted octanol–water partition coefficient (Wildman–Crippen LogP) is 3.87. The molecular weight excluding hydrogens is 259 g/mol. The number of para-hydroxylation sites is 1. The first-order valence-electron chi connectivity index (χ1n) is 6.03. The summed E-state index contributed by atoms with van der Waals surface area (Å²) in [6, 6.07) is 16.1. The molecule has 98 valence electrons. The van der Waals surface area contributed by atoms with E-state index in [0.29, 0.717) is 5.11 Å². The van der Waals surface area contributed by atoms with Crippen molar-refractivity contribution in [2.75, 3.05) is 5.32 Å². The van der Waals surface area contributed by atoms with Gasteiger partial charge in [-0.1, -0.05) is 30.3 Å². The lowest BCUT2D eigenvalue weighted by Crippen LogP contribution is -2.30. The third kappa shape index (κ3) is 4.03. The lowest BCUT2D eigenvalue weighted by atomic mass is 10.1. The third-order valence-corrected chi connectivity index (χ3v) is 2.97. The van der Waals surface area contributed by atoms with E-state index in [1.165, 1.54) is 12.1 Å². The number of benzene rings is 2. The molecule has 2 aromatic rings. The first-order chi connectivity index (χ1) is 9.15. The van der Waals surface area contributed by atoms with Crippen molar-refractivity contribution in [3.05, 3.63) is 66.0 Å². The van der Waals surface area contributed by atoms with Gasteiger partial charge in [0.05, 0.1) is 6.04 Å². The Morgan fingerprint density at radius 2 is 1.68 bits per heavy atom. The molecule has 0 radical (unpaired) electrons. The van der Waals surface area contributed by atoms with Gasteiger partial charge in [0.15, 0.2) is 5.11 Å². The Morgan fingerprint density at radius 3 is 2.32 bits per heavy atom. The maximum Gasteiger partial charge on any atom is 0.171 e. The summed E-state index contributed by atoms with van der Waals surface area (Å²) < 4.78 is 12.8. The zero-order chi connectivity index (χ0) is 13.7. The van der Waals surface area contributed by atoms with Gasteiger partial charge < -0.3 is 10.6 Å². The predicted molar refractivity (Wildman–Crippen MR) is 80.6 cm³/mol. The lowest BCUT2D eigenvalue weighted by Gasteiger charge is -2.17. The SMILES string of the molecule is C[C@@H](NC(=S)Nc1ccccc1)c1ccc(F)cc1. The first-order valence-corrected chi connectivity index (χ1v) is 6.44. The van der Waals surface area contributed by atoms with Crippen LogP contribution in [-0.4, -0.2) is 5.11 Å². The Hall–Kier alpha value is -1.94. The van der Waals surface area contributed by atoms with Crippen LogP contribution < -0.4 is 10.6 Å². The molecule has 0 heterocycles. The molecule has 4 heteroatoms. The van der Waals surface area contributed by atoms with E-state index in [1.54, 1.807) is 12.1 Å². The molecule has 0 fully saturated rings. The lowest BCUT2D eigenvalue weighted by molar-refractivity contribution is 0.624. The van der Waals surface area contributed by atoms with Gasteiger partial charge in [-0.15, -0.1) is 0 Å². The Labute approximate surface area is 117 Å². The van der Waals surface area contributed by atoms with Gasteiger partial charge >= 0.3 is 0 Å². The average molecular weight is 274 g/mol. The molecule has 0 saturated carbocycles. The molecule has 1 atom stereocenters. The molecular formula is C15H15FN2S. The number of anilines is 1. The van der Waals surface area contributed by atoms with E-state index < -0.39 is 0 Å².